The Hall–Kier alpha value is -1.28. The average molecular weight is 216 g/mol. The number of benzene rings is 1. The minimum absolute atomic E-state index is 0.900. The molecule has 0 spiro atoms. The van der Waals surface area contributed by atoms with Crippen molar-refractivity contribution in [2.45, 2.75) is 19.9 Å². The van der Waals surface area contributed by atoms with E-state index in [1.807, 2.05) is 6.92 Å². The molecule has 1 heterocycles. The van der Waals surface area contributed by atoms with E-state index in [0.717, 1.165) is 19.6 Å². The highest BCUT2D eigenvalue weighted by atomic mass is 15.1. The Bertz CT molecular complexity index is 396. The van der Waals surface area contributed by atoms with Crippen molar-refractivity contribution < 1.29 is 0 Å². The lowest BCUT2D eigenvalue weighted by molar-refractivity contribution is 0.740. The quantitative estimate of drug-likeness (QED) is 0.777. The third-order valence-electron chi connectivity index (χ3n) is 3.03. The maximum Gasteiger partial charge on any atom is 0.0397 e. The van der Waals surface area contributed by atoms with Crippen LogP contribution >= 0.6 is 0 Å². The lowest BCUT2D eigenvalue weighted by Crippen LogP contribution is -2.15. The molecule has 2 rings (SSSR count). The van der Waals surface area contributed by atoms with Gasteiger partial charge >= 0.3 is 0 Å². The molecular weight excluding hydrogens is 196 g/mol. The molecule has 0 saturated carbocycles. The maximum absolute atomic E-state index is 3.88. The standard InChI is InChI=1S/C14H20N2/c1-11(2)9-15-10-12-4-5-14-13(8-12)6-7-16(14)3/h4-5,8,15H,1,6-7,9-10H2,2-3H3. The van der Waals surface area contributed by atoms with E-state index in [1.54, 1.807) is 0 Å². The third-order valence-corrected chi connectivity index (χ3v) is 3.03. The van der Waals surface area contributed by atoms with Crippen LogP contribution in [0.5, 0.6) is 0 Å². The minimum Gasteiger partial charge on any atom is -0.374 e. The van der Waals surface area contributed by atoms with Gasteiger partial charge in [0.1, 0.15) is 0 Å². The summed E-state index contributed by atoms with van der Waals surface area (Å²) >= 11 is 0. The maximum atomic E-state index is 3.88. The molecule has 2 heteroatoms. The Morgan fingerprint density at radius 1 is 1.50 bits per heavy atom. The summed E-state index contributed by atoms with van der Waals surface area (Å²) in [4.78, 5) is 2.32. The molecule has 1 aliphatic rings. The van der Waals surface area contributed by atoms with Crippen LogP contribution < -0.4 is 10.2 Å². The van der Waals surface area contributed by atoms with Crippen molar-refractivity contribution in [3.63, 3.8) is 0 Å². The number of rotatable bonds is 4. The molecule has 0 amide bonds. The number of anilines is 1. The second-order valence-electron chi connectivity index (χ2n) is 4.70. The summed E-state index contributed by atoms with van der Waals surface area (Å²) in [5, 5.41) is 3.39. The van der Waals surface area contributed by atoms with Crippen LogP contribution in [0.4, 0.5) is 5.69 Å². The third kappa shape index (κ3) is 2.45. The number of hydrogen-bond donors (Lipinski definition) is 1. The molecule has 0 saturated heterocycles. The van der Waals surface area contributed by atoms with Crippen LogP contribution in [0.15, 0.2) is 30.4 Å². The predicted molar refractivity (Wildman–Crippen MR) is 69.9 cm³/mol. The summed E-state index contributed by atoms with van der Waals surface area (Å²) in [7, 11) is 2.16. The molecule has 0 bridgehead atoms. The van der Waals surface area contributed by atoms with Crippen molar-refractivity contribution in [3.05, 3.63) is 41.5 Å². The van der Waals surface area contributed by atoms with Gasteiger partial charge in [-0.15, -0.1) is 0 Å². The van der Waals surface area contributed by atoms with Gasteiger partial charge < -0.3 is 10.2 Å². The van der Waals surface area contributed by atoms with Gasteiger partial charge in [0.25, 0.3) is 0 Å². The molecule has 0 unspecified atom stereocenters. The highest BCUT2D eigenvalue weighted by molar-refractivity contribution is 5.58. The molecule has 1 aromatic rings. The Balaban J connectivity index is 1.99. The van der Waals surface area contributed by atoms with E-state index in [-0.39, 0.29) is 0 Å². The van der Waals surface area contributed by atoms with E-state index in [2.05, 4.69) is 42.0 Å². The smallest absolute Gasteiger partial charge is 0.0397 e. The highest BCUT2D eigenvalue weighted by Gasteiger charge is 2.15. The van der Waals surface area contributed by atoms with Crippen molar-refractivity contribution in [1.82, 2.24) is 5.32 Å². The first-order valence-electron chi connectivity index (χ1n) is 5.85. The summed E-state index contributed by atoms with van der Waals surface area (Å²) in [5.74, 6) is 0. The van der Waals surface area contributed by atoms with Gasteiger partial charge in [-0.05, 0) is 30.5 Å². The van der Waals surface area contributed by atoms with Crippen molar-refractivity contribution in [3.8, 4) is 0 Å². The minimum atomic E-state index is 0.900. The largest absolute Gasteiger partial charge is 0.374 e. The molecule has 1 aliphatic heterocycles. The van der Waals surface area contributed by atoms with Gasteiger partial charge in [-0.1, -0.05) is 24.3 Å². The normalized spacial score (nSPS) is 14.0. The van der Waals surface area contributed by atoms with E-state index >= 15 is 0 Å². The van der Waals surface area contributed by atoms with Gasteiger partial charge in [-0.25, -0.2) is 0 Å². The molecule has 16 heavy (non-hydrogen) atoms. The summed E-state index contributed by atoms with van der Waals surface area (Å²) in [5.41, 5.74) is 5.43. The molecule has 0 aliphatic carbocycles. The van der Waals surface area contributed by atoms with Gasteiger partial charge in [0, 0.05) is 32.4 Å². The van der Waals surface area contributed by atoms with Crippen LogP contribution in [0.1, 0.15) is 18.1 Å². The molecule has 0 aromatic heterocycles. The summed E-state index contributed by atoms with van der Waals surface area (Å²) in [6.07, 6.45) is 1.18. The fraction of sp³-hybridized carbons (Fsp3) is 0.429. The van der Waals surface area contributed by atoms with E-state index in [4.69, 9.17) is 0 Å². The number of hydrogen-bond acceptors (Lipinski definition) is 2. The van der Waals surface area contributed by atoms with Crippen LogP contribution in [-0.2, 0) is 13.0 Å². The molecule has 0 fully saturated rings. The molecule has 0 radical (unpaired) electrons. The summed E-state index contributed by atoms with van der Waals surface area (Å²) in [6, 6.07) is 6.77. The molecule has 1 aromatic carbocycles. The fourth-order valence-electron chi connectivity index (χ4n) is 2.15. The molecule has 2 nitrogen and oxygen atoms in total. The number of likely N-dealkylation sites (N-methyl/N-ethyl adjacent to an activating group) is 1. The molecule has 0 atom stereocenters. The van der Waals surface area contributed by atoms with Crippen molar-refractivity contribution in [1.29, 1.82) is 0 Å². The van der Waals surface area contributed by atoms with Gasteiger partial charge in [-0.2, -0.15) is 0 Å². The van der Waals surface area contributed by atoms with E-state index in [1.165, 1.54) is 28.8 Å². The van der Waals surface area contributed by atoms with Gasteiger partial charge in [-0.3, -0.25) is 0 Å². The number of nitrogens with zero attached hydrogens (tertiary/aromatic N) is 1. The zero-order valence-corrected chi connectivity index (χ0v) is 10.2. The Morgan fingerprint density at radius 2 is 2.31 bits per heavy atom. The number of nitrogens with one attached hydrogen (secondary N) is 1. The van der Waals surface area contributed by atoms with Crippen LogP contribution in [0.3, 0.4) is 0 Å². The van der Waals surface area contributed by atoms with Crippen LogP contribution in [0, 0.1) is 0 Å². The highest BCUT2D eigenvalue weighted by Crippen LogP contribution is 2.27. The lowest BCUT2D eigenvalue weighted by Gasteiger charge is -2.12. The first-order chi connectivity index (χ1) is 7.66. The Morgan fingerprint density at radius 3 is 3.06 bits per heavy atom. The topological polar surface area (TPSA) is 15.3 Å². The Kier molecular flexibility index (Phi) is 3.30. The van der Waals surface area contributed by atoms with Crippen molar-refractivity contribution >= 4 is 5.69 Å². The number of fused-ring (bicyclic) bond motifs is 1. The second-order valence-corrected chi connectivity index (χ2v) is 4.70. The molecule has 1 N–H and O–H groups in total. The first-order valence-corrected chi connectivity index (χ1v) is 5.85. The van der Waals surface area contributed by atoms with Gasteiger partial charge in [0.05, 0.1) is 0 Å². The zero-order chi connectivity index (χ0) is 11.5. The van der Waals surface area contributed by atoms with E-state index in [0.29, 0.717) is 0 Å². The van der Waals surface area contributed by atoms with Gasteiger partial charge in [0.2, 0.25) is 0 Å². The zero-order valence-electron chi connectivity index (χ0n) is 10.2. The first kappa shape index (κ1) is 11.2. The van der Waals surface area contributed by atoms with Crippen LogP contribution in [0.25, 0.3) is 0 Å². The SMILES string of the molecule is C=C(C)CNCc1ccc2c(c1)CCN2C. The van der Waals surface area contributed by atoms with Crippen LogP contribution in [-0.4, -0.2) is 20.1 Å². The monoisotopic (exact) mass is 216 g/mol. The lowest BCUT2D eigenvalue weighted by atomic mass is 10.1. The van der Waals surface area contributed by atoms with Crippen molar-refractivity contribution in [2.75, 3.05) is 25.0 Å². The van der Waals surface area contributed by atoms with E-state index in [9.17, 15) is 0 Å². The predicted octanol–water partition coefficient (Wildman–Crippen LogP) is 2.34. The summed E-state index contributed by atoms with van der Waals surface area (Å²) in [6.45, 7) is 8.92. The summed E-state index contributed by atoms with van der Waals surface area (Å²) < 4.78 is 0. The Labute approximate surface area is 98.0 Å². The van der Waals surface area contributed by atoms with Gasteiger partial charge in [0.15, 0.2) is 0 Å². The van der Waals surface area contributed by atoms with E-state index < -0.39 is 0 Å². The van der Waals surface area contributed by atoms with Crippen LogP contribution in [0.2, 0.25) is 0 Å². The van der Waals surface area contributed by atoms with Crippen molar-refractivity contribution in [2.24, 2.45) is 0 Å². The molecular formula is C14H20N2. The average Bonchev–Trinajstić information content (AvgIpc) is 2.60. The second kappa shape index (κ2) is 4.71. The fourth-order valence-corrected chi connectivity index (χ4v) is 2.15. The molecule has 86 valence electrons.